The van der Waals surface area contributed by atoms with Gasteiger partial charge in [-0.3, -0.25) is 0 Å². The average Bonchev–Trinajstić information content (AvgIpc) is 3.00. The van der Waals surface area contributed by atoms with Crippen LogP contribution in [0.2, 0.25) is 0 Å². The zero-order valence-electron chi connectivity index (χ0n) is 12.4. The molecule has 22 heavy (non-hydrogen) atoms. The summed E-state index contributed by atoms with van der Waals surface area (Å²) in [7, 11) is 0. The van der Waals surface area contributed by atoms with E-state index >= 15 is 0 Å². The number of aromatic nitrogens is 2. The molecule has 0 saturated heterocycles. The molecule has 0 atom stereocenters. The molecule has 2 nitrogen and oxygen atoms in total. The van der Waals surface area contributed by atoms with Crippen LogP contribution in [0.15, 0.2) is 79.0 Å². The third-order valence-electron chi connectivity index (χ3n) is 3.98. The van der Waals surface area contributed by atoms with Gasteiger partial charge in [0.1, 0.15) is 0 Å². The highest BCUT2D eigenvalue weighted by atomic mass is 15.0. The predicted molar refractivity (Wildman–Crippen MR) is 91.2 cm³/mol. The second-order valence-corrected chi connectivity index (χ2v) is 5.43. The monoisotopic (exact) mass is 284 g/mol. The lowest BCUT2D eigenvalue weighted by Gasteiger charge is -2.12. The number of aryl methyl sites for hydroxylation is 1. The quantitative estimate of drug-likeness (QED) is 0.506. The standard InChI is InChI=1S/C20H16N2/c1-15-8-7-13-22(15)20-14-19(16-9-3-2-4-10-16)21-18-12-6-5-11-17(18)20/h2-14H,1H3. The van der Waals surface area contributed by atoms with Crippen molar-refractivity contribution in [3.63, 3.8) is 0 Å². The van der Waals surface area contributed by atoms with E-state index in [9.17, 15) is 0 Å². The van der Waals surface area contributed by atoms with Crippen molar-refractivity contribution >= 4 is 10.9 Å². The van der Waals surface area contributed by atoms with Crippen LogP contribution >= 0.6 is 0 Å². The van der Waals surface area contributed by atoms with Crippen LogP contribution in [0.25, 0.3) is 27.8 Å². The highest BCUT2D eigenvalue weighted by molar-refractivity contribution is 5.90. The predicted octanol–water partition coefficient (Wildman–Crippen LogP) is 5.00. The summed E-state index contributed by atoms with van der Waals surface area (Å²) in [6.45, 7) is 2.12. The summed E-state index contributed by atoms with van der Waals surface area (Å²) in [5.74, 6) is 0. The van der Waals surface area contributed by atoms with Gasteiger partial charge in [0, 0.05) is 22.8 Å². The topological polar surface area (TPSA) is 17.8 Å². The summed E-state index contributed by atoms with van der Waals surface area (Å²) in [6.07, 6.45) is 2.10. The highest BCUT2D eigenvalue weighted by Gasteiger charge is 2.09. The Morgan fingerprint density at radius 1 is 0.818 bits per heavy atom. The van der Waals surface area contributed by atoms with Gasteiger partial charge in [0.2, 0.25) is 0 Å². The molecule has 0 amide bonds. The van der Waals surface area contributed by atoms with E-state index in [4.69, 9.17) is 4.98 Å². The Hall–Kier alpha value is -2.87. The van der Waals surface area contributed by atoms with Crippen molar-refractivity contribution in [1.82, 2.24) is 9.55 Å². The molecule has 4 rings (SSSR count). The lowest BCUT2D eigenvalue weighted by Crippen LogP contribution is -1.98. The summed E-state index contributed by atoms with van der Waals surface area (Å²) in [4.78, 5) is 4.83. The van der Waals surface area contributed by atoms with Gasteiger partial charge in [-0.05, 0) is 31.2 Å². The van der Waals surface area contributed by atoms with Gasteiger partial charge < -0.3 is 4.57 Å². The zero-order valence-corrected chi connectivity index (χ0v) is 12.4. The van der Waals surface area contributed by atoms with Crippen molar-refractivity contribution < 1.29 is 0 Å². The Kier molecular flexibility index (Phi) is 3.01. The van der Waals surface area contributed by atoms with E-state index < -0.39 is 0 Å². The molecule has 4 aromatic rings. The van der Waals surface area contributed by atoms with Crippen molar-refractivity contribution in [1.29, 1.82) is 0 Å². The van der Waals surface area contributed by atoms with Crippen molar-refractivity contribution in [3.8, 4) is 16.9 Å². The third-order valence-corrected chi connectivity index (χ3v) is 3.98. The first-order valence-corrected chi connectivity index (χ1v) is 7.42. The van der Waals surface area contributed by atoms with Gasteiger partial charge in [-0.25, -0.2) is 4.98 Å². The van der Waals surface area contributed by atoms with E-state index in [2.05, 4.69) is 66.2 Å². The van der Waals surface area contributed by atoms with E-state index in [0.29, 0.717) is 0 Å². The molecule has 0 saturated carbocycles. The Bertz CT molecular complexity index is 936. The maximum absolute atomic E-state index is 4.83. The van der Waals surface area contributed by atoms with Crippen molar-refractivity contribution in [2.75, 3.05) is 0 Å². The summed E-state index contributed by atoms with van der Waals surface area (Å²) in [6, 6.07) is 25.0. The molecule has 2 heteroatoms. The van der Waals surface area contributed by atoms with E-state index in [1.54, 1.807) is 0 Å². The van der Waals surface area contributed by atoms with Crippen molar-refractivity contribution in [2.24, 2.45) is 0 Å². The number of pyridine rings is 1. The maximum Gasteiger partial charge on any atom is 0.0730 e. The van der Waals surface area contributed by atoms with Gasteiger partial charge in [0.15, 0.2) is 0 Å². The summed E-state index contributed by atoms with van der Waals surface area (Å²) < 4.78 is 2.22. The molecular weight excluding hydrogens is 268 g/mol. The van der Waals surface area contributed by atoms with Gasteiger partial charge >= 0.3 is 0 Å². The molecule has 0 aliphatic carbocycles. The number of hydrogen-bond donors (Lipinski definition) is 0. The molecule has 0 N–H and O–H groups in total. The van der Waals surface area contributed by atoms with Gasteiger partial charge in [-0.15, -0.1) is 0 Å². The van der Waals surface area contributed by atoms with Crippen LogP contribution in [0.1, 0.15) is 5.69 Å². The van der Waals surface area contributed by atoms with E-state index in [0.717, 1.165) is 16.8 Å². The van der Waals surface area contributed by atoms with Crippen LogP contribution in [0.5, 0.6) is 0 Å². The lowest BCUT2D eigenvalue weighted by atomic mass is 10.1. The second-order valence-electron chi connectivity index (χ2n) is 5.43. The number of para-hydroxylation sites is 1. The van der Waals surface area contributed by atoms with E-state index in [1.807, 2.05) is 24.3 Å². The van der Waals surface area contributed by atoms with Crippen LogP contribution < -0.4 is 0 Å². The van der Waals surface area contributed by atoms with Gasteiger partial charge in [0.25, 0.3) is 0 Å². The molecule has 0 spiro atoms. The minimum atomic E-state index is 1.00. The van der Waals surface area contributed by atoms with Gasteiger partial charge in [0.05, 0.1) is 16.9 Å². The highest BCUT2D eigenvalue weighted by Crippen LogP contribution is 2.28. The van der Waals surface area contributed by atoms with Crippen LogP contribution in [0.3, 0.4) is 0 Å². The van der Waals surface area contributed by atoms with Crippen molar-refractivity contribution in [3.05, 3.63) is 84.7 Å². The minimum absolute atomic E-state index is 1.00. The molecule has 0 aliphatic heterocycles. The number of hydrogen-bond acceptors (Lipinski definition) is 1. The maximum atomic E-state index is 4.83. The normalized spacial score (nSPS) is 11.0. The SMILES string of the molecule is Cc1cccn1-c1cc(-c2ccccc2)nc2ccccc12. The molecule has 0 radical (unpaired) electrons. The largest absolute Gasteiger partial charge is 0.320 e. The fraction of sp³-hybridized carbons (Fsp3) is 0.0500. The molecule has 106 valence electrons. The summed E-state index contributed by atoms with van der Waals surface area (Å²) >= 11 is 0. The van der Waals surface area contributed by atoms with Crippen LogP contribution in [-0.2, 0) is 0 Å². The van der Waals surface area contributed by atoms with Gasteiger partial charge in [-0.1, -0.05) is 48.5 Å². The fourth-order valence-corrected chi connectivity index (χ4v) is 2.85. The number of nitrogens with zero attached hydrogens (tertiary/aromatic N) is 2. The molecule has 2 heterocycles. The van der Waals surface area contributed by atoms with Crippen LogP contribution in [0, 0.1) is 6.92 Å². The molecule has 2 aromatic heterocycles. The van der Waals surface area contributed by atoms with Crippen LogP contribution in [0.4, 0.5) is 0 Å². The Morgan fingerprint density at radius 3 is 2.36 bits per heavy atom. The number of fused-ring (bicyclic) bond motifs is 1. The first-order valence-electron chi connectivity index (χ1n) is 7.42. The Morgan fingerprint density at radius 2 is 1.59 bits per heavy atom. The minimum Gasteiger partial charge on any atom is -0.320 e. The molecule has 0 fully saturated rings. The fourth-order valence-electron chi connectivity index (χ4n) is 2.85. The molecular formula is C20H16N2. The lowest BCUT2D eigenvalue weighted by molar-refractivity contribution is 1.02. The first kappa shape index (κ1) is 12.8. The molecule has 0 unspecified atom stereocenters. The van der Waals surface area contributed by atoms with Crippen LogP contribution in [-0.4, -0.2) is 9.55 Å². The number of rotatable bonds is 2. The number of benzene rings is 2. The smallest absolute Gasteiger partial charge is 0.0730 e. The summed E-state index contributed by atoms with van der Waals surface area (Å²) in [5, 5.41) is 1.17. The molecule has 0 aliphatic rings. The second kappa shape index (κ2) is 5.15. The third kappa shape index (κ3) is 2.09. The van der Waals surface area contributed by atoms with Crippen molar-refractivity contribution in [2.45, 2.75) is 6.92 Å². The zero-order chi connectivity index (χ0) is 14.9. The first-order chi connectivity index (χ1) is 10.8. The summed E-state index contributed by atoms with van der Waals surface area (Å²) in [5.41, 5.74) is 5.55. The Labute approximate surface area is 129 Å². The molecule has 0 bridgehead atoms. The Balaban J connectivity index is 2.04. The van der Waals surface area contributed by atoms with E-state index in [-0.39, 0.29) is 0 Å². The van der Waals surface area contributed by atoms with E-state index in [1.165, 1.54) is 16.8 Å². The average molecular weight is 284 g/mol. The molecule has 2 aromatic carbocycles. The van der Waals surface area contributed by atoms with Gasteiger partial charge in [-0.2, -0.15) is 0 Å².